The molecule has 0 aromatic heterocycles. The molecule has 17 heavy (non-hydrogen) atoms. The van der Waals surface area contributed by atoms with Crippen LogP contribution < -0.4 is 5.32 Å². The van der Waals surface area contributed by atoms with Gasteiger partial charge < -0.3 is 20.1 Å². The lowest BCUT2D eigenvalue weighted by Gasteiger charge is -2.41. The van der Waals surface area contributed by atoms with Crippen molar-refractivity contribution in [1.82, 2.24) is 10.2 Å². The summed E-state index contributed by atoms with van der Waals surface area (Å²) >= 11 is 0. The molecule has 0 aromatic carbocycles. The van der Waals surface area contributed by atoms with Crippen LogP contribution in [-0.2, 0) is 9.53 Å². The van der Waals surface area contributed by atoms with Crippen LogP contribution in [0.5, 0.6) is 0 Å². The molecule has 0 radical (unpaired) electrons. The lowest BCUT2D eigenvalue weighted by Crippen LogP contribution is -2.57. The van der Waals surface area contributed by atoms with Gasteiger partial charge in [0, 0.05) is 25.6 Å². The van der Waals surface area contributed by atoms with Gasteiger partial charge in [0.05, 0.1) is 18.6 Å². The van der Waals surface area contributed by atoms with Crippen LogP contribution in [0, 0.1) is 11.8 Å². The van der Waals surface area contributed by atoms with E-state index in [1.54, 1.807) is 11.8 Å². The molecule has 2 rings (SSSR count). The maximum Gasteiger partial charge on any atom is 0.317 e. The zero-order chi connectivity index (χ0) is 12.4. The molecule has 6 nitrogen and oxygen atoms in total. The predicted molar refractivity (Wildman–Crippen MR) is 59.6 cm³/mol. The van der Waals surface area contributed by atoms with E-state index in [1.807, 2.05) is 0 Å². The lowest BCUT2D eigenvalue weighted by atomic mass is 9.87. The monoisotopic (exact) mass is 242 g/mol. The highest BCUT2D eigenvalue weighted by molar-refractivity contribution is 5.76. The molecule has 2 atom stereocenters. The van der Waals surface area contributed by atoms with Crippen molar-refractivity contribution >= 4 is 12.0 Å². The standard InChI is InChI=1S/C11H18N2O4/c1-7(10(14)15)8-4-13(5-8)11(16)12-9-2-3-17-6-9/h7-9H,2-6H2,1H3,(H,12,16)(H,14,15). The molecule has 0 saturated carbocycles. The van der Waals surface area contributed by atoms with Crippen molar-refractivity contribution in [2.45, 2.75) is 19.4 Å². The van der Waals surface area contributed by atoms with Gasteiger partial charge in [0.25, 0.3) is 0 Å². The summed E-state index contributed by atoms with van der Waals surface area (Å²) in [5, 5.41) is 11.7. The largest absolute Gasteiger partial charge is 0.481 e. The van der Waals surface area contributed by atoms with E-state index in [1.165, 1.54) is 0 Å². The van der Waals surface area contributed by atoms with Crippen molar-refractivity contribution in [3.8, 4) is 0 Å². The summed E-state index contributed by atoms with van der Waals surface area (Å²) in [7, 11) is 0. The fourth-order valence-electron chi connectivity index (χ4n) is 2.11. The summed E-state index contributed by atoms with van der Waals surface area (Å²) in [6, 6.07) is 0.00721. The van der Waals surface area contributed by atoms with E-state index >= 15 is 0 Å². The second-order valence-corrected chi connectivity index (χ2v) is 4.80. The van der Waals surface area contributed by atoms with Crippen molar-refractivity contribution in [2.75, 3.05) is 26.3 Å². The second-order valence-electron chi connectivity index (χ2n) is 4.80. The highest BCUT2D eigenvalue weighted by atomic mass is 16.5. The number of nitrogens with zero attached hydrogens (tertiary/aromatic N) is 1. The van der Waals surface area contributed by atoms with Crippen LogP contribution in [0.2, 0.25) is 0 Å². The third-order valence-corrected chi connectivity index (χ3v) is 3.55. The van der Waals surface area contributed by atoms with Gasteiger partial charge >= 0.3 is 12.0 Å². The Balaban J connectivity index is 1.71. The molecule has 2 aliphatic rings. The van der Waals surface area contributed by atoms with Gasteiger partial charge in [-0.25, -0.2) is 4.79 Å². The summed E-state index contributed by atoms with van der Waals surface area (Å²) in [4.78, 5) is 24.1. The normalized spacial score (nSPS) is 26.4. The Labute approximate surface area is 99.9 Å². The maximum atomic E-state index is 11.7. The number of carbonyl (C=O) groups excluding carboxylic acids is 1. The zero-order valence-corrected chi connectivity index (χ0v) is 9.89. The second kappa shape index (κ2) is 4.91. The van der Waals surface area contributed by atoms with Crippen LogP contribution in [0.15, 0.2) is 0 Å². The average Bonchev–Trinajstić information content (AvgIpc) is 2.67. The topological polar surface area (TPSA) is 78.9 Å². The van der Waals surface area contributed by atoms with E-state index in [0.29, 0.717) is 26.3 Å². The van der Waals surface area contributed by atoms with Crippen molar-refractivity contribution in [3.63, 3.8) is 0 Å². The van der Waals surface area contributed by atoms with Gasteiger partial charge in [-0.3, -0.25) is 4.79 Å². The highest BCUT2D eigenvalue weighted by Gasteiger charge is 2.37. The molecular formula is C11H18N2O4. The molecule has 0 aromatic rings. The minimum Gasteiger partial charge on any atom is -0.481 e. The third kappa shape index (κ3) is 2.69. The van der Waals surface area contributed by atoms with E-state index in [2.05, 4.69) is 5.32 Å². The molecule has 2 amide bonds. The molecule has 2 heterocycles. The van der Waals surface area contributed by atoms with Gasteiger partial charge in [-0.05, 0) is 6.42 Å². The number of rotatable bonds is 3. The number of carbonyl (C=O) groups is 2. The number of urea groups is 1. The predicted octanol–water partition coefficient (Wildman–Crippen LogP) is 0.137. The Morgan fingerprint density at radius 1 is 1.47 bits per heavy atom. The van der Waals surface area contributed by atoms with E-state index in [4.69, 9.17) is 9.84 Å². The Hall–Kier alpha value is -1.30. The Kier molecular flexibility index (Phi) is 3.51. The quantitative estimate of drug-likeness (QED) is 0.737. The van der Waals surface area contributed by atoms with Gasteiger partial charge in [0.2, 0.25) is 0 Å². The summed E-state index contributed by atoms with van der Waals surface area (Å²) < 4.78 is 5.17. The fourth-order valence-corrected chi connectivity index (χ4v) is 2.11. The zero-order valence-electron chi connectivity index (χ0n) is 9.89. The summed E-state index contributed by atoms with van der Waals surface area (Å²) in [6.07, 6.45) is 0.856. The highest BCUT2D eigenvalue weighted by Crippen LogP contribution is 2.24. The summed E-state index contributed by atoms with van der Waals surface area (Å²) in [6.45, 7) is 4.03. The molecule has 96 valence electrons. The molecule has 6 heteroatoms. The molecular weight excluding hydrogens is 224 g/mol. The van der Waals surface area contributed by atoms with Crippen LogP contribution in [0.25, 0.3) is 0 Å². The first-order chi connectivity index (χ1) is 8.08. The summed E-state index contributed by atoms with van der Waals surface area (Å²) in [5.74, 6) is -1.09. The van der Waals surface area contributed by atoms with E-state index in [9.17, 15) is 9.59 Å². The summed E-state index contributed by atoms with van der Waals surface area (Å²) in [5.41, 5.74) is 0. The minimum atomic E-state index is -0.792. The van der Waals surface area contributed by atoms with Gasteiger partial charge in [-0.1, -0.05) is 6.92 Å². The number of aliphatic carboxylic acids is 1. The van der Waals surface area contributed by atoms with Crippen molar-refractivity contribution in [2.24, 2.45) is 11.8 Å². The smallest absolute Gasteiger partial charge is 0.317 e. The van der Waals surface area contributed by atoms with Crippen LogP contribution >= 0.6 is 0 Å². The first kappa shape index (κ1) is 12.2. The number of carboxylic acid groups (broad SMARTS) is 1. The fraction of sp³-hybridized carbons (Fsp3) is 0.818. The minimum absolute atomic E-state index is 0.0816. The van der Waals surface area contributed by atoms with Crippen molar-refractivity contribution in [1.29, 1.82) is 0 Å². The first-order valence-corrected chi connectivity index (χ1v) is 5.94. The molecule has 2 N–H and O–H groups in total. The number of amides is 2. The number of ether oxygens (including phenoxy) is 1. The molecule has 0 spiro atoms. The van der Waals surface area contributed by atoms with Crippen LogP contribution in [0.4, 0.5) is 4.79 Å². The third-order valence-electron chi connectivity index (χ3n) is 3.55. The van der Waals surface area contributed by atoms with Crippen molar-refractivity contribution < 1.29 is 19.4 Å². The molecule has 2 unspecified atom stereocenters. The van der Waals surface area contributed by atoms with E-state index in [0.717, 1.165) is 6.42 Å². The van der Waals surface area contributed by atoms with Gasteiger partial charge in [0.1, 0.15) is 0 Å². The number of carboxylic acids is 1. The van der Waals surface area contributed by atoms with E-state index < -0.39 is 5.97 Å². The number of hydrogen-bond donors (Lipinski definition) is 2. The van der Waals surface area contributed by atoms with Gasteiger partial charge in [-0.15, -0.1) is 0 Å². The van der Waals surface area contributed by atoms with Crippen LogP contribution in [-0.4, -0.2) is 54.4 Å². The Morgan fingerprint density at radius 2 is 2.18 bits per heavy atom. The maximum absolute atomic E-state index is 11.7. The molecule has 0 aliphatic carbocycles. The SMILES string of the molecule is CC(C(=O)O)C1CN(C(=O)NC2CCOC2)C1. The van der Waals surface area contributed by atoms with Crippen molar-refractivity contribution in [3.05, 3.63) is 0 Å². The Morgan fingerprint density at radius 3 is 2.71 bits per heavy atom. The van der Waals surface area contributed by atoms with Crippen LogP contribution in [0.1, 0.15) is 13.3 Å². The Bertz CT molecular complexity index is 309. The number of hydrogen-bond acceptors (Lipinski definition) is 3. The molecule has 2 saturated heterocycles. The first-order valence-electron chi connectivity index (χ1n) is 5.94. The van der Waals surface area contributed by atoms with Gasteiger partial charge in [0.15, 0.2) is 0 Å². The molecule has 2 fully saturated rings. The van der Waals surface area contributed by atoms with Crippen LogP contribution in [0.3, 0.4) is 0 Å². The number of nitrogens with one attached hydrogen (secondary N) is 1. The number of likely N-dealkylation sites (tertiary alicyclic amines) is 1. The molecule has 2 aliphatic heterocycles. The van der Waals surface area contributed by atoms with E-state index in [-0.39, 0.29) is 23.9 Å². The van der Waals surface area contributed by atoms with Gasteiger partial charge in [-0.2, -0.15) is 0 Å². The lowest BCUT2D eigenvalue weighted by molar-refractivity contribution is -0.144. The average molecular weight is 242 g/mol. The molecule has 0 bridgehead atoms.